The number of nitrogens with zero attached hydrogens (tertiary/aromatic N) is 3. The maximum absolute atomic E-state index is 13.2. The average Bonchev–Trinajstić information content (AvgIpc) is 3.04. The minimum atomic E-state index is -1.01. The molecule has 1 atom stereocenters. The van der Waals surface area contributed by atoms with Gasteiger partial charge in [-0.1, -0.05) is 30.3 Å². The number of amides is 2. The van der Waals surface area contributed by atoms with E-state index in [9.17, 15) is 14.0 Å². The molecule has 0 aliphatic heterocycles. The van der Waals surface area contributed by atoms with Crippen LogP contribution in [0.25, 0.3) is 11.4 Å². The number of halogens is 1. The van der Waals surface area contributed by atoms with E-state index in [0.29, 0.717) is 17.9 Å². The summed E-state index contributed by atoms with van der Waals surface area (Å²) in [5.41, 5.74) is 6.77. The highest BCUT2D eigenvalue weighted by molar-refractivity contribution is 6.04. The molecule has 27 heavy (non-hydrogen) atoms. The molecule has 2 aromatic carbocycles. The van der Waals surface area contributed by atoms with E-state index < -0.39 is 17.7 Å². The van der Waals surface area contributed by atoms with Gasteiger partial charge in [0.15, 0.2) is 5.82 Å². The number of primary amides is 1. The minimum Gasteiger partial charge on any atom is -0.369 e. The molecule has 0 bridgehead atoms. The zero-order valence-electron chi connectivity index (χ0n) is 14.6. The van der Waals surface area contributed by atoms with Crippen LogP contribution in [0.5, 0.6) is 0 Å². The van der Waals surface area contributed by atoms with Crippen molar-refractivity contribution in [1.29, 1.82) is 0 Å². The molecule has 138 valence electrons. The number of anilines is 1. The summed E-state index contributed by atoms with van der Waals surface area (Å²) < 4.78 is 14.9. The van der Waals surface area contributed by atoms with Crippen molar-refractivity contribution in [3.05, 3.63) is 66.0 Å². The Labute approximate surface area is 155 Å². The summed E-state index contributed by atoms with van der Waals surface area (Å²) in [7, 11) is 0. The van der Waals surface area contributed by atoms with Crippen molar-refractivity contribution in [2.45, 2.75) is 13.5 Å². The second-order valence-electron chi connectivity index (χ2n) is 6.02. The van der Waals surface area contributed by atoms with Crippen molar-refractivity contribution in [2.24, 2.45) is 11.7 Å². The van der Waals surface area contributed by atoms with Gasteiger partial charge in [0.05, 0.1) is 6.54 Å². The minimum absolute atomic E-state index is 0.0448. The van der Waals surface area contributed by atoms with Crippen LogP contribution in [0.4, 0.5) is 10.3 Å². The van der Waals surface area contributed by atoms with Crippen LogP contribution in [-0.4, -0.2) is 26.6 Å². The Morgan fingerprint density at radius 2 is 1.81 bits per heavy atom. The first-order valence-electron chi connectivity index (χ1n) is 8.29. The number of nitrogens with two attached hydrogens (primary N) is 1. The van der Waals surface area contributed by atoms with E-state index in [0.717, 1.165) is 5.56 Å². The van der Waals surface area contributed by atoms with Crippen LogP contribution in [0.15, 0.2) is 54.6 Å². The van der Waals surface area contributed by atoms with E-state index in [-0.39, 0.29) is 11.8 Å². The molecule has 0 saturated carbocycles. The quantitative estimate of drug-likeness (QED) is 0.652. The van der Waals surface area contributed by atoms with Crippen molar-refractivity contribution in [2.75, 3.05) is 5.32 Å². The summed E-state index contributed by atoms with van der Waals surface area (Å²) in [6.45, 7) is 1.81. The van der Waals surface area contributed by atoms with Crippen LogP contribution >= 0.6 is 0 Å². The van der Waals surface area contributed by atoms with Crippen molar-refractivity contribution < 1.29 is 14.0 Å². The largest absolute Gasteiger partial charge is 0.369 e. The molecule has 1 unspecified atom stereocenters. The van der Waals surface area contributed by atoms with E-state index in [4.69, 9.17) is 5.73 Å². The Hall–Kier alpha value is -3.55. The Balaban J connectivity index is 1.94. The Morgan fingerprint density at radius 1 is 1.15 bits per heavy atom. The number of nitrogens with one attached hydrogen (secondary N) is 1. The van der Waals surface area contributed by atoms with E-state index in [1.807, 2.05) is 30.3 Å². The maximum Gasteiger partial charge on any atom is 0.249 e. The van der Waals surface area contributed by atoms with E-state index in [1.165, 1.54) is 19.1 Å². The monoisotopic (exact) mass is 367 g/mol. The van der Waals surface area contributed by atoms with Crippen molar-refractivity contribution in [3.8, 4) is 11.4 Å². The molecule has 0 aliphatic rings. The van der Waals surface area contributed by atoms with Gasteiger partial charge in [0.1, 0.15) is 11.7 Å². The highest BCUT2D eigenvalue weighted by Gasteiger charge is 2.21. The zero-order chi connectivity index (χ0) is 19.4. The van der Waals surface area contributed by atoms with Crippen molar-refractivity contribution in [3.63, 3.8) is 0 Å². The van der Waals surface area contributed by atoms with Gasteiger partial charge in [-0.3, -0.25) is 14.9 Å². The predicted molar refractivity (Wildman–Crippen MR) is 97.9 cm³/mol. The van der Waals surface area contributed by atoms with Gasteiger partial charge in [0, 0.05) is 5.56 Å². The Bertz CT molecular complexity index is 954. The fourth-order valence-electron chi connectivity index (χ4n) is 2.42. The number of aromatic nitrogens is 3. The summed E-state index contributed by atoms with van der Waals surface area (Å²) in [4.78, 5) is 27.6. The van der Waals surface area contributed by atoms with Gasteiger partial charge in [-0.2, -0.15) is 4.98 Å². The van der Waals surface area contributed by atoms with Crippen molar-refractivity contribution in [1.82, 2.24) is 14.8 Å². The maximum atomic E-state index is 13.2. The molecule has 0 spiro atoms. The number of carbonyl (C=O) groups excluding carboxylic acids is 2. The van der Waals surface area contributed by atoms with Gasteiger partial charge in [-0.05, 0) is 36.8 Å². The van der Waals surface area contributed by atoms with Crippen LogP contribution < -0.4 is 11.1 Å². The van der Waals surface area contributed by atoms with Gasteiger partial charge in [0.25, 0.3) is 0 Å². The number of rotatable bonds is 6. The molecule has 7 nitrogen and oxygen atoms in total. The first kappa shape index (κ1) is 18.2. The third-order valence-corrected chi connectivity index (χ3v) is 4.00. The fraction of sp³-hybridized carbons (Fsp3) is 0.158. The normalized spacial score (nSPS) is 11.8. The molecule has 3 aromatic rings. The molecule has 3 N–H and O–H groups in total. The standard InChI is InChI=1S/C19H18FN5O2/c1-12(16(21)26)18(27)23-19-22-17(14-7-9-15(20)10-8-14)25(24-19)11-13-5-3-2-4-6-13/h2-10,12H,11H2,1H3,(H2,21,26)(H,23,24,27). The van der Waals surface area contributed by atoms with Gasteiger partial charge in [-0.15, -0.1) is 5.10 Å². The third-order valence-electron chi connectivity index (χ3n) is 4.00. The SMILES string of the molecule is CC(C(N)=O)C(=O)Nc1nc(-c2ccc(F)cc2)n(Cc2ccccc2)n1. The van der Waals surface area contributed by atoms with Crippen LogP contribution in [0.2, 0.25) is 0 Å². The average molecular weight is 367 g/mol. The lowest BCUT2D eigenvalue weighted by atomic mass is 10.1. The molecule has 0 saturated heterocycles. The topological polar surface area (TPSA) is 103 Å². The molecular formula is C19H18FN5O2. The van der Waals surface area contributed by atoms with Gasteiger partial charge < -0.3 is 5.73 Å². The summed E-state index contributed by atoms with van der Waals surface area (Å²) in [6.07, 6.45) is 0. The molecule has 1 heterocycles. The molecular weight excluding hydrogens is 349 g/mol. The van der Waals surface area contributed by atoms with E-state index in [2.05, 4.69) is 15.4 Å². The summed E-state index contributed by atoms with van der Waals surface area (Å²) >= 11 is 0. The lowest BCUT2D eigenvalue weighted by molar-refractivity contribution is -0.129. The Morgan fingerprint density at radius 3 is 2.44 bits per heavy atom. The second kappa shape index (κ2) is 7.77. The molecule has 0 aliphatic carbocycles. The summed E-state index contributed by atoms with van der Waals surface area (Å²) in [5, 5.41) is 6.81. The summed E-state index contributed by atoms with van der Waals surface area (Å²) in [6, 6.07) is 15.4. The molecule has 8 heteroatoms. The number of benzene rings is 2. The van der Waals surface area contributed by atoms with Gasteiger partial charge >= 0.3 is 0 Å². The van der Waals surface area contributed by atoms with Crippen LogP contribution in [-0.2, 0) is 16.1 Å². The number of carbonyl (C=O) groups is 2. The lowest BCUT2D eigenvalue weighted by Gasteiger charge is -2.06. The predicted octanol–water partition coefficient (Wildman–Crippen LogP) is 2.19. The highest BCUT2D eigenvalue weighted by Crippen LogP contribution is 2.21. The van der Waals surface area contributed by atoms with Crippen molar-refractivity contribution >= 4 is 17.8 Å². The lowest BCUT2D eigenvalue weighted by Crippen LogP contribution is -2.32. The van der Waals surface area contributed by atoms with Crippen LogP contribution in [0, 0.1) is 11.7 Å². The smallest absolute Gasteiger partial charge is 0.249 e. The molecule has 2 amide bonds. The number of hydrogen-bond acceptors (Lipinski definition) is 4. The van der Waals surface area contributed by atoms with Gasteiger partial charge in [-0.25, -0.2) is 9.07 Å². The molecule has 0 radical (unpaired) electrons. The number of hydrogen-bond donors (Lipinski definition) is 2. The summed E-state index contributed by atoms with van der Waals surface area (Å²) in [5.74, 6) is -2.21. The van der Waals surface area contributed by atoms with Crippen LogP contribution in [0.1, 0.15) is 12.5 Å². The molecule has 3 rings (SSSR count). The van der Waals surface area contributed by atoms with E-state index >= 15 is 0 Å². The first-order chi connectivity index (χ1) is 12.9. The fourth-order valence-corrected chi connectivity index (χ4v) is 2.42. The van der Waals surface area contributed by atoms with Gasteiger partial charge in [0.2, 0.25) is 17.8 Å². The van der Waals surface area contributed by atoms with Crippen LogP contribution in [0.3, 0.4) is 0 Å². The van der Waals surface area contributed by atoms with E-state index in [1.54, 1.807) is 16.8 Å². The first-order valence-corrected chi connectivity index (χ1v) is 8.29. The zero-order valence-corrected chi connectivity index (χ0v) is 14.6. The molecule has 0 fully saturated rings. The Kier molecular flexibility index (Phi) is 5.25. The molecule has 1 aromatic heterocycles. The third kappa shape index (κ3) is 4.35. The highest BCUT2D eigenvalue weighted by atomic mass is 19.1. The second-order valence-corrected chi connectivity index (χ2v) is 6.02.